The maximum Gasteiger partial charge on any atom is 0.256 e. The molecule has 1 heterocycles. The largest absolute Gasteiger partial charge is 0.496 e. The van der Waals surface area contributed by atoms with E-state index in [0.29, 0.717) is 5.57 Å². The Kier molecular flexibility index (Phi) is 3.65. The number of benzene rings is 3. The minimum atomic E-state index is -0.0972. The van der Waals surface area contributed by atoms with Crippen LogP contribution in [0.3, 0.4) is 0 Å². The number of carbonyl (C=O) groups excluding carboxylic acids is 1. The second-order valence-electron chi connectivity index (χ2n) is 5.80. The lowest BCUT2D eigenvalue weighted by Crippen LogP contribution is -2.03. The molecule has 0 atom stereocenters. The lowest BCUT2D eigenvalue weighted by Gasteiger charge is -2.12. The van der Waals surface area contributed by atoms with Crippen LogP contribution in [0.4, 0.5) is 5.69 Å². The molecular weight excluding hydrogens is 314 g/mol. The molecule has 1 amide bonds. The summed E-state index contributed by atoms with van der Waals surface area (Å²) in [4.78, 5) is 12.4. The van der Waals surface area contributed by atoms with Crippen LogP contribution < -0.4 is 14.8 Å². The Balaban J connectivity index is 1.98. The van der Waals surface area contributed by atoms with Crippen molar-refractivity contribution in [2.24, 2.45) is 0 Å². The van der Waals surface area contributed by atoms with Gasteiger partial charge in [-0.05, 0) is 29.8 Å². The van der Waals surface area contributed by atoms with E-state index >= 15 is 0 Å². The van der Waals surface area contributed by atoms with Crippen molar-refractivity contribution < 1.29 is 14.3 Å². The Morgan fingerprint density at radius 2 is 1.68 bits per heavy atom. The van der Waals surface area contributed by atoms with Gasteiger partial charge in [-0.1, -0.05) is 36.4 Å². The first kappa shape index (κ1) is 15.3. The van der Waals surface area contributed by atoms with Gasteiger partial charge < -0.3 is 14.8 Å². The number of ether oxygens (including phenoxy) is 2. The highest BCUT2D eigenvalue weighted by Gasteiger charge is 2.24. The molecule has 1 aliphatic rings. The summed E-state index contributed by atoms with van der Waals surface area (Å²) in [7, 11) is 3.29. The summed E-state index contributed by atoms with van der Waals surface area (Å²) in [5.74, 6) is 1.42. The van der Waals surface area contributed by atoms with Crippen molar-refractivity contribution >= 4 is 34.0 Å². The monoisotopic (exact) mass is 331 g/mol. The lowest BCUT2D eigenvalue weighted by atomic mass is 9.98. The molecule has 4 nitrogen and oxygen atoms in total. The van der Waals surface area contributed by atoms with Crippen LogP contribution in [0.5, 0.6) is 11.5 Å². The zero-order valence-corrected chi connectivity index (χ0v) is 14.0. The second-order valence-corrected chi connectivity index (χ2v) is 5.80. The molecule has 0 fully saturated rings. The van der Waals surface area contributed by atoms with Crippen LogP contribution in [0.15, 0.2) is 54.6 Å². The Bertz CT molecular complexity index is 1020. The van der Waals surface area contributed by atoms with Gasteiger partial charge in [0.1, 0.15) is 11.5 Å². The third-order valence-electron chi connectivity index (χ3n) is 4.44. The Labute approximate surface area is 145 Å². The summed E-state index contributed by atoms with van der Waals surface area (Å²) < 4.78 is 11.0. The number of carbonyl (C=O) groups is 1. The fraction of sp³-hybridized carbons (Fsp3) is 0.0952. The first-order valence-corrected chi connectivity index (χ1v) is 7.99. The summed E-state index contributed by atoms with van der Waals surface area (Å²) in [5, 5.41) is 4.78. The number of hydrogen-bond acceptors (Lipinski definition) is 3. The first-order chi connectivity index (χ1) is 12.2. The molecule has 124 valence electrons. The standard InChI is InChI=1S/C21H17NO3/c1-24-18-11-10-13(20-15(18)7-5-9-19(20)25-2)12-16-14-6-3-4-8-17(14)22-21(16)23/h3-12H,1-2H3,(H,22,23). The molecule has 25 heavy (non-hydrogen) atoms. The van der Waals surface area contributed by atoms with Crippen LogP contribution >= 0.6 is 0 Å². The van der Waals surface area contributed by atoms with Crippen LogP contribution in [0.2, 0.25) is 0 Å². The average Bonchev–Trinajstić information content (AvgIpc) is 2.96. The van der Waals surface area contributed by atoms with Crippen molar-refractivity contribution in [2.75, 3.05) is 19.5 Å². The van der Waals surface area contributed by atoms with E-state index in [4.69, 9.17) is 9.47 Å². The summed E-state index contributed by atoms with van der Waals surface area (Å²) in [6.07, 6.45) is 1.91. The summed E-state index contributed by atoms with van der Waals surface area (Å²) in [6.45, 7) is 0. The third-order valence-corrected chi connectivity index (χ3v) is 4.44. The van der Waals surface area contributed by atoms with Crippen molar-refractivity contribution in [2.45, 2.75) is 0 Å². The molecule has 0 unspecified atom stereocenters. The molecular formula is C21H17NO3. The lowest BCUT2D eigenvalue weighted by molar-refractivity contribution is -0.110. The van der Waals surface area contributed by atoms with E-state index in [1.807, 2.05) is 60.7 Å². The Morgan fingerprint density at radius 1 is 0.880 bits per heavy atom. The van der Waals surface area contributed by atoms with Crippen LogP contribution in [0.25, 0.3) is 22.4 Å². The average molecular weight is 331 g/mol. The number of nitrogens with one attached hydrogen (secondary N) is 1. The highest BCUT2D eigenvalue weighted by atomic mass is 16.5. The van der Waals surface area contributed by atoms with Gasteiger partial charge in [0.2, 0.25) is 0 Å². The fourth-order valence-corrected chi connectivity index (χ4v) is 3.28. The highest BCUT2D eigenvalue weighted by Crippen LogP contribution is 2.38. The summed E-state index contributed by atoms with van der Waals surface area (Å²) >= 11 is 0. The van der Waals surface area contributed by atoms with E-state index in [1.54, 1.807) is 14.2 Å². The quantitative estimate of drug-likeness (QED) is 0.726. The predicted octanol–water partition coefficient (Wildman–Crippen LogP) is 4.35. The number of hydrogen-bond donors (Lipinski definition) is 1. The van der Waals surface area contributed by atoms with Crippen LogP contribution in [0, 0.1) is 0 Å². The smallest absolute Gasteiger partial charge is 0.256 e. The molecule has 0 aliphatic carbocycles. The first-order valence-electron chi connectivity index (χ1n) is 7.99. The van der Waals surface area contributed by atoms with Gasteiger partial charge in [-0.2, -0.15) is 0 Å². The zero-order chi connectivity index (χ0) is 17.4. The molecule has 0 bridgehead atoms. The van der Waals surface area contributed by atoms with Crippen molar-refractivity contribution in [3.63, 3.8) is 0 Å². The molecule has 3 aromatic carbocycles. The van der Waals surface area contributed by atoms with Crippen LogP contribution in [-0.2, 0) is 4.79 Å². The topological polar surface area (TPSA) is 47.6 Å². The number of anilines is 1. The number of rotatable bonds is 3. The molecule has 0 saturated heterocycles. The van der Waals surface area contributed by atoms with E-state index in [9.17, 15) is 4.79 Å². The maximum atomic E-state index is 12.4. The molecule has 3 aromatic rings. The molecule has 4 rings (SSSR count). The van der Waals surface area contributed by atoms with Gasteiger partial charge in [0.25, 0.3) is 5.91 Å². The van der Waals surface area contributed by atoms with Crippen molar-refractivity contribution in [3.05, 3.63) is 65.7 Å². The van der Waals surface area contributed by atoms with Crippen molar-refractivity contribution in [1.29, 1.82) is 0 Å². The number of para-hydroxylation sites is 1. The maximum absolute atomic E-state index is 12.4. The molecule has 4 heteroatoms. The van der Waals surface area contributed by atoms with Crippen molar-refractivity contribution in [1.82, 2.24) is 0 Å². The van der Waals surface area contributed by atoms with E-state index in [0.717, 1.165) is 39.1 Å². The van der Waals surface area contributed by atoms with Gasteiger partial charge in [-0.3, -0.25) is 4.79 Å². The highest BCUT2D eigenvalue weighted by molar-refractivity contribution is 6.35. The van der Waals surface area contributed by atoms with Gasteiger partial charge >= 0.3 is 0 Å². The zero-order valence-electron chi connectivity index (χ0n) is 14.0. The normalized spacial score (nSPS) is 14.5. The Hall–Kier alpha value is -3.27. The molecule has 0 aromatic heterocycles. The molecule has 1 aliphatic heterocycles. The van der Waals surface area contributed by atoms with E-state index < -0.39 is 0 Å². The van der Waals surface area contributed by atoms with Crippen molar-refractivity contribution in [3.8, 4) is 11.5 Å². The number of amides is 1. The minimum Gasteiger partial charge on any atom is -0.496 e. The second kappa shape index (κ2) is 5.98. The van der Waals surface area contributed by atoms with Crippen LogP contribution in [-0.4, -0.2) is 20.1 Å². The van der Waals surface area contributed by atoms with Gasteiger partial charge in [-0.25, -0.2) is 0 Å². The fourth-order valence-electron chi connectivity index (χ4n) is 3.28. The SMILES string of the molecule is COc1ccc(C=C2C(=O)Nc3ccccc32)c2c(OC)cccc12. The van der Waals surface area contributed by atoms with Gasteiger partial charge in [0, 0.05) is 27.6 Å². The van der Waals surface area contributed by atoms with Gasteiger partial charge in [0.05, 0.1) is 14.2 Å². The van der Waals surface area contributed by atoms with E-state index in [1.165, 1.54) is 0 Å². The number of methoxy groups -OCH3 is 2. The molecule has 0 saturated carbocycles. The summed E-state index contributed by atoms with van der Waals surface area (Å²) in [6, 6.07) is 17.4. The Morgan fingerprint density at radius 3 is 2.48 bits per heavy atom. The third kappa shape index (κ3) is 2.43. The summed E-state index contributed by atoms with van der Waals surface area (Å²) in [5.41, 5.74) is 3.30. The van der Waals surface area contributed by atoms with Gasteiger partial charge in [0.15, 0.2) is 0 Å². The molecule has 0 spiro atoms. The predicted molar refractivity (Wildman–Crippen MR) is 100.0 cm³/mol. The van der Waals surface area contributed by atoms with Gasteiger partial charge in [-0.15, -0.1) is 0 Å². The number of fused-ring (bicyclic) bond motifs is 2. The molecule has 1 N–H and O–H groups in total. The van der Waals surface area contributed by atoms with Crippen LogP contribution in [0.1, 0.15) is 11.1 Å². The minimum absolute atomic E-state index is 0.0972. The van der Waals surface area contributed by atoms with E-state index in [-0.39, 0.29) is 5.91 Å². The van der Waals surface area contributed by atoms with E-state index in [2.05, 4.69) is 5.32 Å². The molecule has 0 radical (unpaired) electrons.